The summed E-state index contributed by atoms with van der Waals surface area (Å²) in [6.45, 7) is 10.3. The van der Waals surface area contributed by atoms with Gasteiger partial charge < -0.3 is 9.40 Å². The maximum Gasteiger partial charge on any atom is 3.00 e. The van der Waals surface area contributed by atoms with Crippen LogP contribution in [0.1, 0.15) is 61.7 Å². The number of hydrogen-bond donors (Lipinski definition) is 0. The first-order valence-corrected chi connectivity index (χ1v) is 19.4. The predicted octanol–water partition coefficient (Wildman–Crippen LogP) is 11.5. The number of aromatic nitrogens is 1. The third-order valence-electron chi connectivity index (χ3n) is 8.39. The molecule has 7 rings (SSSR count). The Morgan fingerprint density at radius 2 is 1.52 bits per heavy atom. The summed E-state index contributed by atoms with van der Waals surface area (Å²) in [5, 5.41) is 3.35. The van der Waals surface area contributed by atoms with Gasteiger partial charge in [0.2, 0.25) is 0 Å². The minimum atomic E-state index is -2.13. The first-order chi connectivity index (χ1) is 24.4. The Kier molecular flexibility index (Phi) is 9.02. The van der Waals surface area contributed by atoms with E-state index in [4.69, 9.17) is 11.3 Å². The number of fused-ring (bicyclic) bond motifs is 3. The van der Waals surface area contributed by atoms with Crippen LogP contribution in [0.4, 0.5) is 0 Å². The van der Waals surface area contributed by atoms with Gasteiger partial charge in [-0.1, -0.05) is 113 Å². The molecule has 0 bridgehead atoms. The van der Waals surface area contributed by atoms with Crippen LogP contribution in [-0.2, 0) is 20.1 Å². The molecule has 1 atom stereocenters. The molecule has 0 aliphatic carbocycles. The van der Waals surface area contributed by atoms with E-state index in [-0.39, 0.29) is 25.7 Å². The van der Waals surface area contributed by atoms with Gasteiger partial charge in [0.15, 0.2) is 0 Å². The van der Waals surface area contributed by atoms with Crippen molar-refractivity contribution < 1.29 is 31.4 Å². The molecule has 0 N–H and O–H groups in total. The van der Waals surface area contributed by atoms with Crippen molar-refractivity contribution in [2.45, 2.75) is 59.1 Å². The minimum absolute atomic E-state index is 0. The summed E-state index contributed by atoms with van der Waals surface area (Å²) in [5.41, 5.74) is 8.03. The first kappa shape index (κ1) is 28.9. The Morgan fingerprint density at radius 1 is 0.771 bits per heavy atom. The van der Waals surface area contributed by atoms with Crippen LogP contribution < -0.4 is 5.19 Å². The van der Waals surface area contributed by atoms with Crippen molar-refractivity contribution in [1.29, 1.82) is 0 Å². The van der Waals surface area contributed by atoms with Gasteiger partial charge in [-0.15, -0.1) is 53.1 Å². The van der Waals surface area contributed by atoms with Crippen molar-refractivity contribution in [2.24, 2.45) is 0 Å². The van der Waals surface area contributed by atoms with E-state index in [9.17, 15) is 0 Å². The summed E-state index contributed by atoms with van der Waals surface area (Å²) in [6, 6.07) is 44.2. The van der Waals surface area contributed by atoms with Crippen molar-refractivity contribution in [3.8, 4) is 22.4 Å². The van der Waals surface area contributed by atoms with Gasteiger partial charge in [0.1, 0.15) is 5.58 Å². The average molecular weight is 826 g/mol. The van der Waals surface area contributed by atoms with Crippen molar-refractivity contribution in [3.05, 3.63) is 156 Å². The van der Waals surface area contributed by atoms with Crippen molar-refractivity contribution in [2.75, 3.05) is 0 Å². The van der Waals surface area contributed by atoms with E-state index in [0.29, 0.717) is 0 Å². The van der Waals surface area contributed by atoms with Gasteiger partial charge in [-0.3, -0.25) is 0 Å². The molecule has 7 aromatic rings. The van der Waals surface area contributed by atoms with Gasteiger partial charge in [-0.25, -0.2) is 5.56 Å². The number of hydrogen-bond acceptors (Lipinski definition) is 2. The monoisotopic (exact) mass is 826 g/mol. The van der Waals surface area contributed by atoms with Gasteiger partial charge in [0.25, 0.3) is 0 Å². The maximum atomic E-state index is 8.97. The summed E-state index contributed by atoms with van der Waals surface area (Å²) in [4.78, 5) is 4.56. The molecule has 48 heavy (non-hydrogen) atoms. The maximum absolute atomic E-state index is 8.97. The third-order valence-corrected chi connectivity index (χ3v) is 10.4. The fourth-order valence-corrected chi connectivity index (χ4v) is 7.37. The molecule has 0 aliphatic heterocycles. The zero-order valence-corrected chi connectivity index (χ0v) is 31.6. The Hall–Kier alpha value is -4.08. The number of benzene rings is 5. The quantitative estimate of drug-likeness (QED) is 0.123. The Morgan fingerprint density at radius 3 is 2.23 bits per heavy atom. The van der Waals surface area contributed by atoms with Gasteiger partial charge in [-0.05, 0) is 34.3 Å². The largest absolute Gasteiger partial charge is 3.00 e. The number of para-hydroxylation sites is 1. The van der Waals surface area contributed by atoms with E-state index in [0.717, 1.165) is 61.0 Å². The second-order valence-corrected chi connectivity index (χ2v) is 18.1. The molecule has 0 amide bonds. The van der Waals surface area contributed by atoms with Crippen LogP contribution >= 0.6 is 0 Å². The molecular weight excluding hydrogens is 779 g/mol. The Bertz CT molecular complexity index is 2340. The third kappa shape index (κ3) is 7.63. The Labute approximate surface area is 307 Å². The molecule has 2 nitrogen and oxygen atoms in total. The molecule has 0 saturated heterocycles. The van der Waals surface area contributed by atoms with Crippen molar-refractivity contribution >= 4 is 35.2 Å². The number of furan rings is 1. The summed E-state index contributed by atoms with van der Waals surface area (Å²) >= 11 is 0. The van der Waals surface area contributed by atoms with Crippen LogP contribution in [-0.4, -0.2) is 13.1 Å². The smallest absolute Gasteiger partial charge is 0.510 e. The number of rotatable bonds is 6. The molecular formula is C44H42IrNOSi. The van der Waals surface area contributed by atoms with Gasteiger partial charge in [0, 0.05) is 24.0 Å². The summed E-state index contributed by atoms with van der Waals surface area (Å²) in [7, 11) is -1.61. The second kappa shape index (κ2) is 15.0. The van der Waals surface area contributed by atoms with Crippen LogP contribution in [0.2, 0.25) is 19.6 Å². The zero-order valence-electron chi connectivity index (χ0n) is 33.2. The topological polar surface area (TPSA) is 26.0 Å². The minimum Gasteiger partial charge on any atom is -0.510 e. The van der Waals surface area contributed by atoms with E-state index >= 15 is 0 Å². The molecule has 0 radical (unpaired) electrons. The average Bonchev–Trinajstić information content (AvgIpc) is 3.50. The molecule has 0 spiro atoms. The van der Waals surface area contributed by atoms with E-state index in [1.807, 2.05) is 112 Å². The molecule has 4 heteroatoms. The molecule has 0 saturated carbocycles. The SMILES string of the molecule is [2H]C(C)(c1ccccc1)c1cc[c-]c(-c2[c-]ccc3c2oc2ccccc23)c1.[2H]C([2H])([2H])c1c[c-]c(-c2cc(C([2H])(C)C)c([Si](C)(C)C)cn2)cc1.[Ir+3]. The van der Waals surface area contributed by atoms with E-state index < -0.39 is 26.7 Å². The molecule has 2 aromatic heterocycles. The number of nitrogens with zero attached hydrogens (tertiary/aromatic N) is 1. The van der Waals surface area contributed by atoms with Gasteiger partial charge >= 0.3 is 20.1 Å². The molecule has 1 unspecified atom stereocenters. The summed E-state index contributed by atoms with van der Waals surface area (Å²) in [6.07, 6.45) is 1.89. The fraction of sp³-hybridized carbons (Fsp3) is 0.205. The van der Waals surface area contributed by atoms with Crippen LogP contribution in [0.5, 0.6) is 0 Å². The normalized spacial score (nSPS) is 14.7. The van der Waals surface area contributed by atoms with E-state index in [2.05, 4.69) is 48.9 Å². The van der Waals surface area contributed by atoms with Crippen LogP contribution in [0.25, 0.3) is 44.3 Å². The zero-order chi connectivity index (χ0) is 37.5. The van der Waals surface area contributed by atoms with Crippen LogP contribution in [0.3, 0.4) is 0 Å². The van der Waals surface area contributed by atoms with Gasteiger partial charge in [0.05, 0.1) is 8.07 Å². The molecule has 0 fully saturated rings. The van der Waals surface area contributed by atoms with Crippen LogP contribution in [0.15, 0.2) is 120 Å². The van der Waals surface area contributed by atoms with E-state index in [1.165, 1.54) is 11.3 Å². The second-order valence-electron chi connectivity index (χ2n) is 13.0. The molecule has 2 heterocycles. The summed E-state index contributed by atoms with van der Waals surface area (Å²) < 4.78 is 45.9. The van der Waals surface area contributed by atoms with Gasteiger partial charge in [-0.2, -0.15) is 35.9 Å². The molecule has 242 valence electrons. The number of pyridine rings is 1. The molecule has 5 aromatic carbocycles. The fourth-order valence-electron chi connectivity index (χ4n) is 5.79. The standard InChI is InChI=1S/C26H18O.C18H24NSi.Ir/c1-18(19-9-3-2-4-10-19)20-11-7-12-21(17-20)22-14-8-15-24-23-13-5-6-16-25(23)27-26(22)24;1-13(2)16-11-17(15-9-7-14(3)8-10-15)19-12-18(16)20(4,5)6;/h2-11,13,15-18H,1H3;7-9,11-13H,1-6H3;/q-2;-1;+3/i18D;3D3,13D;. The van der Waals surface area contributed by atoms with Crippen molar-refractivity contribution in [1.82, 2.24) is 4.98 Å². The van der Waals surface area contributed by atoms with E-state index in [1.54, 1.807) is 12.1 Å². The predicted molar refractivity (Wildman–Crippen MR) is 201 cm³/mol. The first-order valence-electron chi connectivity index (χ1n) is 18.4. The Balaban J connectivity index is 0.000000203. The van der Waals surface area contributed by atoms with Crippen LogP contribution in [0, 0.1) is 25.1 Å². The van der Waals surface area contributed by atoms with Crippen molar-refractivity contribution in [3.63, 3.8) is 0 Å². The number of aryl methyl sites for hydroxylation is 1. The molecule has 0 aliphatic rings. The summed E-state index contributed by atoms with van der Waals surface area (Å²) in [5.74, 6) is -1.57.